The molecule has 0 spiro atoms. The van der Waals surface area contributed by atoms with E-state index < -0.39 is 10.0 Å². The van der Waals surface area contributed by atoms with Crippen LogP contribution in [-0.4, -0.2) is 23.4 Å². The number of hydrogen-bond donors (Lipinski definition) is 3. The number of pyridine rings is 1. The van der Waals surface area contributed by atoms with Crippen LogP contribution in [0.3, 0.4) is 0 Å². The molecule has 0 saturated heterocycles. The van der Waals surface area contributed by atoms with Crippen molar-refractivity contribution in [3.05, 3.63) is 90.3 Å². The van der Waals surface area contributed by atoms with Crippen LogP contribution in [0.5, 0.6) is 0 Å². The first-order valence-corrected chi connectivity index (χ1v) is 11.0. The van der Waals surface area contributed by atoms with Gasteiger partial charge in [0.2, 0.25) is 0 Å². The maximum absolute atomic E-state index is 12.5. The second-order valence-corrected chi connectivity index (χ2v) is 8.51. The first-order chi connectivity index (χ1) is 15.0. The molecule has 3 N–H and O–H groups in total. The van der Waals surface area contributed by atoms with Crippen molar-refractivity contribution in [2.24, 2.45) is 0 Å². The molecule has 0 bridgehead atoms. The average molecular weight is 453 g/mol. The number of halogens is 1. The Labute approximate surface area is 184 Å². The molecule has 0 atom stereocenters. The fourth-order valence-corrected chi connectivity index (χ4v) is 4.04. The first-order valence-electron chi connectivity index (χ1n) is 9.13. The van der Waals surface area contributed by atoms with Crippen LogP contribution in [0, 0.1) is 0 Å². The highest BCUT2D eigenvalue weighted by molar-refractivity contribution is 7.92. The van der Waals surface area contributed by atoms with E-state index in [-0.39, 0.29) is 4.90 Å². The third-order valence-corrected chi connectivity index (χ3v) is 5.72. The second-order valence-electron chi connectivity index (χ2n) is 6.39. The van der Waals surface area contributed by atoms with Crippen molar-refractivity contribution in [3.63, 3.8) is 0 Å². The molecule has 0 aliphatic rings. The predicted octanol–water partition coefficient (Wildman–Crippen LogP) is 4.81. The van der Waals surface area contributed by atoms with Crippen molar-refractivity contribution >= 4 is 50.5 Å². The molecular formula is C21H17ClN6O2S. The van der Waals surface area contributed by atoms with E-state index in [0.29, 0.717) is 28.2 Å². The Kier molecular flexibility index (Phi) is 5.96. The summed E-state index contributed by atoms with van der Waals surface area (Å²) in [6, 6.07) is 20.1. The fraction of sp³-hybridized carbons (Fsp3) is 0. The third kappa shape index (κ3) is 5.47. The lowest BCUT2D eigenvalue weighted by atomic mass is 10.3. The Bertz CT molecular complexity index is 1280. The lowest BCUT2D eigenvalue weighted by Gasteiger charge is -2.11. The van der Waals surface area contributed by atoms with E-state index in [1.807, 2.05) is 18.2 Å². The summed E-state index contributed by atoms with van der Waals surface area (Å²) in [5, 5.41) is 6.60. The molecular weight excluding hydrogens is 436 g/mol. The van der Waals surface area contributed by atoms with Crippen molar-refractivity contribution in [3.8, 4) is 0 Å². The largest absolute Gasteiger partial charge is 0.340 e. The topological polar surface area (TPSA) is 109 Å². The summed E-state index contributed by atoms with van der Waals surface area (Å²) < 4.78 is 27.5. The zero-order valence-electron chi connectivity index (χ0n) is 16.0. The highest BCUT2D eigenvalue weighted by Crippen LogP contribution is 2.23. The van der Waals surface area contributed by atoms with Gasteiger partial charge in [-0.15, -0.1) is 0 Å². The Morgan fingerprint density at radius 2 is 1.45 bits per heavy atom. The highest BCUT2D eigenvalue weighted by atomic mass is 35.5. The molecule has 0 saturated carbocycles. The van der Waals surface area contributed by atoms with E-state index >= 15 is 0 Å². The van der Waals surface area contributed by atoms with Crippen LogP contribution >= 0.6 is 11.6 Å². The number of nitrogens with one attached hydrogen (secondary N) is 3. The van der Waals surface area contributed by atoms with Gasteiger partial charge in [0, 0.05) is 28.7 Å². The lowest BCUT2D eigenvalue weighted by molar-refractivity contribution is 0.601. The molecule has 4 aromatic rings. The van der Waals surface area contributed by atoms with Crippen LogP contribution in [0.4, 0.5) is 28.8 Å². The van der Waals surface area contributed by atoms with E-state index in [2.05, 4.69) is 30.3 Å². The minimum atomic E-state index is -3.73. The number of nitrogens with zero attached hydrogens (tertiary/aromatic N) is 3. The number of sulfonamides is 1. The SMILES string of the molecule is O=S(=O)(Nc1ccc(Nc2cc(Nc3ccccn3)ncn2)cc1)c1cccc(Cl)c1. The standard InChI is InChI=1S/C21H17ClN6O2S/c22-15-4-3-5-18(12-15)31(29,30)28-17-9-7-16(8-10-17)26-20-13-21(25-14-24-20)27-19-6-1-2-11-23-19/h1-14,28H,(H2,23,24,25,26,27). The molecule has 8 nitrogen and oxygen atoms in total. The maximum Gasteiger partial charge on any atom is 0.261 e. The van der Waals surface area contributed by atoms with Gasteiger partial charge >= 0.3 is 0 Å². The molecule has 156 valence electrons. The van der Waals surface area contributed by atoms with Crippen molar-refractivity contribution < 1.29 is 8.42 Å². The summed E-state index contributed by atoms with van der Waals surface area (Å²) >= 11 is 5.89. The van der Waals surface area contributed by atoms with Crippen LogP contribution in [0.25, 0.3) is 0 Å². The van der Waals surface area contributed by atoms with Gasteiger partial charge in [-0.05, 0) is 54.6 Å². The van der Waals surface area contributed by atoms with Crippen molar-refractivity contribution in [1.82, 2.24) is 15.0 Å². The van der Waals surface area contributed by atoms with Crippen molar-refractivity contribution in [1.29, 1.82) is 0 Å². The smallest absolute Gasteiger partial charge is 0.261 e. The summed E-state index contributed by atoms with van der Waals surface area (Å²) in [6.45, 7) is 0. The van der Waals surface area contributed by atoms with Gasteiger partial charge in [-0.3, -0.25) is 4.72 Å². The second kappa shape index (κ2) is 8.99. The zero-order chi connectivity index (χ0) is 21.7. The minimum absolute atomic E-state index is 0.0936. The first kappa shape index (κ1) is 20.6. The molecule has 4 rings (SSSR count). The summed E-state index contributed by atoms with van der Waals surface area (Å²) in [7, 11) is -3.73. The molecule has 0 radical (unpaired) electrons. The van der Waals surface area contributed by atoms with E-state index in [1.165, 1.54) is 18.5 Å². The third-order valence-electron chi connectivity index (χ3n) is 4.10. The van der Waals surface area contributed by atoms with Crippen LogP contribution in [0.2, 0.25) is 5.02 Å². The number of benzene rings is 2. The van der Waals surface area contributed by atoms with Gasteiger partial charge in [-0.1, -0.05) is 23.7 Å². The van der Waals surface area contributed by atoms with Crippen molar-refractivity contribution in [2.75, 3.05) is 15.4 Å². The van der Waals surface area contributed by atoms with Gasteiger partial charge < -0.3 is 10.6 Å². The molecule has 0 amide bonds. The number of anilines is 5. The average Bonchev–Trinajstić information content (AvgIpc) is 2.76. The molecule has 10 heteroatoms. The Hall–Kier alpha value is -3.69. The van der Waals surface area contributed by atoms with E-state index in [9.17, 15) is 8.42 Å². The Balaban J connectivity index is 1.44. The normalized spacial score (nSPS) is 11.0. The summed E-state index contributed by atoms with van der Waals surface area (Å²) in [4.78, 5) is 12.7. The van der Waals surface area contributed by atoms with E-state index in [4.69, 9.17) is 11.6 Å². The Morgan fingerprint density at radius 3 is 2.16 bits per heavy atom. The molecule has 2 heterocycles. The summed E-state index contributed by atoms with van der Waals surface area (Å²) in [5.41, 5.74) is 1.15. The monoisotopic (exact) mass is 452 g/mol. The molecule has 0 unspecified atom stereocenters. The van der Waals surface area contributed by atoms with Gasteiger partial charge in [-0.25, -0.2) is 23.4 Å². The minimum Gasteiger partial charge on any atom is -0.340 e. The van der Waals surface area contributed by atoms with Crippen LogP contribution in [0.15, 0.2) is 90.2 Å². The van der Waals surface area contributed by atoms with Gasteiger partial charge in [0.15, 0.2) is 0 Å². The molecule has 2 aromatic carbocycles. The molecule has 2 aromatic heterocycles. The molecule has 0 aliphatic carbocycles. The summed E-state index contributed by atoms with van der Waals surface area (Å²) in [6.07, 6.45) is 3.12. The summed E-state index contributed by atoms with van der Waals surface area (Å²) in [5.74, 6) is 1.83. The van der Waals surface area contributed by atoms with Gasteiger partial charge in [0.25, 0.3) is 10.0 Å². The van der Waals surface area contributed by atoms with E-state index in [1.54, 1.807) is 48.7 Å². The number of aromatic nitrogens is 3. The zero-order valence-corrected chi connectivity index (χ0v) is 17.6. The lowest BCUT2D eigenvalue weighted by Crippen LogP contribution is -2.12. The van der Waals surface area contributed by atoms with Crippen LogP contribution < -0.4 is 15.4 Å². The molecule has 31 heavy (non-hydrogen) atoms. The fourth-order valence-electron chi connectivity index (χ4n) is 2.68. The van der Waals surface area contributed by atoms with Crippen LogP contribution in [-0.2, 0) is 10.0 Å². The highest BCUT2D eigenvalue weighted by Gasteiger charge is 2.14. The van der Waals surface area contributed by atoms with Crippen molar-refractivity contribution in [2.45, 2.75) is 4.90 Å². The van der Waals surface area contributed by atoms with Gasteiger partial charge in [0.1, 0.15) is 23.8 Å². The van der Waals surface area contributed by atoms with E-state index in [0.717, 1.165) is 5.69 Å². The molecule has 0 fully saturated rings. The molecule has 0 aliphatic heterocycles. The Morgan fingerprint density at radius 1 is 0.710 bits per heavy atom. The van der Waals surface area contributed by atoms with Gasteiger partial charge in [-0.2, -0.15) is 0 Å². The number of hydrogen-bond acceptors (Lipinski definition) is 7. The quantitative estimate of drug-likeness (QED) is 0.369. The maximum atomic E-state index is 12.5. The van der Waals surface area contributed by atoms with Crippen LogP contribution in [0.1, 0.15) is 0 Å². The van der Waals surface area contributed by atoms with Gasteiger partial charge in [0.05, 0.1) is 4.90 Å². The number of rotatable bonds is 7. The predicted molar refractivity (Wildman–Crippen MR) is 122 cm³/mol.